The molecule has 0 bridgehead atoms. The molecule has 0 radical (unpaired) electrons. The topological polar surface area (TPSA) is 15.3 Å². The monoisotopic (exact) mass is 320 g/mol. The van der Waals surface area contributed by atoms with Crippen molar-refractivity contribution in [3.05, 3.63) is 64.1 Å². The number of rotatable bonds is 2. The maximum Gasteiger partial charge on any atom is 0.0498 e. The number of hydrogen-bond donors (Lipinski definition) is 1. The average Bonchev–Trinajstić information content (AvgIpc) is 2.73. The summed E-state index contributed by atoms with van der Waals surface area (Å²) in [4.78, 5) is 2.36. The van der Waals surface area contributed by atoms with E-state index in [0.717, 1.165) is 31.7 Å². The minimum absolute atomic E-state index is 0.325. The van der Waals surface area contributed by atoms with E-state index in [1.807, 2.05) is 12.1 Å². The van der Waals surface area contributed by atoms with Gasteiger partial charge in [-0.25, -0.2) is 0 Å². The van der Waals surface area contributed by atoms with E-state index in [1.54, 1.807) is 6.07 Å². The van der Waals surface area contributed by atoms with Crippen molar-refractivity contribution >= 4 is 28.9 Å². The van der Waals surface area contributed by atoms with Crippen molar-refractivity contribution in [2.24, 2.45) is 0 Å². The first-order chi connectivity index (χ1) is 10.2. The molecule has 1 saturated heterocycles. The number of benzene rings is 2. The Balaban J connectivity index is 1.85. The fraction of sp³-hybridized carbons (Fsp3) is 0.294. The van der Waals surface area contributed by atoms with E-state index in [0.29, 0.717) is 16.1 Å². The van der Waals surface area contributed by atoms with Crippen LogP contribution in [-0.2, 0) is 0 Å². The van der Waals surface area contributed by atoms with Crippen LogP contribution < -0.4 is 10.2 Å². The highest BCUT2D eigenvalue weighted by molar-refractivity contribution is 6.35. The minimum Gasteiger partial charge on any atom is -0.369 e. The van der Waals surface area contributed by atoms with E-state index in [1.165, 1.54) is 5.56 Å². The van der Waals surface area contributed by atoms with Gasteiger partial charge in [-0.05, 0) is 36.7 Å². The van der Waals surface area contributed by atoms with Crippen LogP contribution >= 0.6 is 23.2 Å². The summed E-state index contributed by atoms with van der Waals surface area (Å²) in [5.41, 5.74) is 2.41. The molecule has 1 unspecified atom stereocenters. The van der Waals surface area contributed by atoms with Crippen LogP contribution in [0.15, 0.2) is 48.5 Å². The predicted molar refractivity (Wildman–Crippen MR) is 90.5 cm³/mol. The predicted octanol–water partition coefficient (Wildman–Crippen LogP) is 4.53. The van der Waals surface area contributed by atoms with Gasteiger partial charge in [0.1, 0.15) is 0 Å². The van der Waals surface area contributed by atoms with E-state index < -0.39 is 0 Å². The summed E-state index contributed by atoms with van der Waals surface area (Å²) in [6.45, 7) is 2.94. The molecule has 110 valence electrons. The highest BCUT2D eigenvalue weighted by Gasteiger charge is 2.19. The number of nitrogens with one attached hydrogen (secondary N) is 1. The molecule has 1 aliphatic rings. The second-order valence-electron chi connectivity index (χ2n) is 5.34. The largest absolute Gasteiger partial charge is 0.369 e. The Hall–Kier alpha value is -1.22. The zero-order valence-electron chi connectivity index (χ0n) is 11.7. The third-order valence-electron chi connectivity index (χ3n) is 3.81. The van der Waals surface area contributed by atoms with Crippen LogP contribution in [0, 0.1) is 0 Å². The van der Waals surface area contributed by atoms with Crippen LogP contribution in [0.1, 0.15) is 18.0 Å². The van der Waals surface area contributed by atoms with Gasteiger partial charge in [-0.2, -0.15) is 0 Å². The van der Waals surface area contributed by atoms with Crippen molar-refractivity contribution in [1.82, 2.24) is 5.32 Å². The second kappa shape index (κ2) is 6.69. The summed E-state index contributed by atoms with van der Waals surface area (Å²) in [5, 5.41) is 4.99. The van der Waals surface area contributed by atoms with Crippen LogP contribution in [0.5, 0.6) is 0 Å². The minimum atomic E-state index is 0.325. The van der Waals surface area contributed by atoms with Crippen molar-refractivity contribution in [3.8, 4) is 0 Å². The highest BCUT2D eigenvalue weighted by Crippen LogP contribution is 2.28. The van der Waals surface area contributed by atoms with Crippen LogP contribution in [0.25, 0.3) is 0 Å². The van der Waals surface area contributed by atoms with Crippen molar-refractivity contribution in [1.29, 1.82) is 0 Å². The summed E-state index contributed by atoms with van der Waals surface area (Å²) >= 11 is 12.3. The molecule has 1 fully saturated rings. The van der Waals surface area contributed by atoms with E-state index >= 15 is 0 Å². The van der Waals surface area contributed by atoms with Crippen molar-refractivity contribution in [2.45, 2.75) is 12.5 Å². The number of nitrogens with zero attached hydrogens (tertiary/aromatic N) is 1. The zero-order chi connectivity index (χ0) is 14.7. The fourth-order valence-corrected chi connectivity index (χ4v) is 3.30. The number of hydrogen-bond acceptors (Lipinski definition) is 2. The van der Waals surface area contributed by atoms with Gasteiger partial charge in [-0.3, -0.25) is 0 Å². The molecule has 2 aromatic carbocycles. The van der Waals surface area contributed by atoms with Gasteiger partial charge in [-0.15, -0.1) is 0 Å². The SMILES string of the molecule is Clc1cc(Cl)cc(N2CCCNC(c3ccccc3)C2)c1. The Bertz CT molecular complexity index is 581. The zero-order valence-corrected chi connectivity index (χ0v) is 13.2. The van der Waals surface area contributed by atoms with E-state index in [4.69, 9.17) is 23.2 Å². The van der Waals surface area contributed by atoms with E-state index in [2.05, 4.69) is 40.5 Å². The molecule has 0 amide bonds. The molecule has 0 spiro atoms. The van der Waals surface area contributed by atoms with Crippen molar-refractivity contribution in [2.75, 3.05) is 24.5 Å². The van der Waals surface area contributed by atoms with Crippen molar-refractivity contribution < 1.29 is 0 Å². The number of halogens is 2. The highest BCUT2D eigenvalue weighted by atomic mass is 35.5. The molecule has 0 saturated carbocycles. The van der Waals surface area contributed by atoms with Gasteiger partial charge < -0.3 is 10.2 Å². The molecule has 1 aliphatic heterocycles. The molecule has 1 atom stereocenters. The molecule has 2 aromatic rings. The number of anilines is 1. The van der Waals surface area contributed by atoms with Crippen LogP contribution in [-0.4, -0.2) is 19.6 Å². The Morgan fingerprint density at radius 3 is 2.43 bits per heavy atom. The Labute approximate surface area is 135 Å². The average molecular weight is 321 g/mol. The molecule has 3 rings (SSSR count). The maximum atomic E-state index is 6.14. The lowest BCUT2D eigenvalue weighted by Crippen LogP contribution is -2.31. The molecular weight excluding hydrogens is 303 g/mol. The molecule has 0 aliphatic carbocycles. The van der Waals surface area contributed by atoms with Gasteiger partial charge >= 0.3 is 0 Å². The summed E-state index contributed by atoms with van der Waals surface area (Å²) in [7, 11) is 0. The van der Waals surface area contributed by atoms with Crippen LogP contribution in [0.2, 0.25) is 10.0 Å². The van der Waals surface area contributed by atoms with Gasteiger partial charge in [0.05, 0.1) is 0 Å². The van der Waals surface area contributed by atoms with Gasteiger partial charge in [-0.1, -0.05) is 53.5 Å². The van der Waals surface area contributed by atoms with Gasteiger partial charge in [0.2, 0.25) is 0 Å². The molecule has 2 nitrogen and oxygen atoms in total. The lowest BCUT2D eigenvalue weighted by Gasteiger charge is -2.27. The second-order valence-corrected chi connectivity index (χ2v) is 6.22. The first kappa shape index (κ1) is 14.7. The quantitative estimate of drug-likeness (QED) is 0.874. The molecule has 1 heterocycles. The summed E-state index contributed by atoms with van der Waals surface area (Å²) < 4.78 is 0. The summed E-state index contributed by atoms with van der Waals surface area (Å²) in [6.07, 6.45) is 1.10. The molecule has 4 heteroatoms. The molecule has 0 aromatic heterocycles. The lowest BCUT2D eigenvalue weighted by molar-refractivity contribution is 0.570. The Morgan fingerprint density at radius 1 is 1.00 bits per heavy atom. The van der Waals surface area contributed by atoms with E-state index in [-0.39, 0.29) is 0 Å². The summed E-state index contributed by atoms with van der Waals surface area (Å²) in [5.74, 6) is 0. The lowest BCUT2D eigenvalue weighted by atomic mass is 10.1. The van der Waals surface area contributed by atoms with Gasteiger partial charge in [0.25, 0.3) is 0 Å². The normalized spacial score (nSPS) is 19.3. The third kappa shape index (κ3) is 3.70. The third-order valence-corrected chi connectivity index (χ3v) is 4.25. The first-order valence-corrected chi connectivity index (χ1v) is 7.97. The van der Waals surface area contributed by atoms with Crippen LogP contribution in [0.4, 0.5) is 5.69 Å². The Kier molecular flexibility index (Phi) is 4.69. The summed E-state index contributed by atoms with van der Waals surface area (Å²) in [6, 6.07) is 16.6. The first-order valence-electron chi connectivity index (χ1n) is 7.22. The standard InChI is InChI=1S/C17H18Cl2N2/c18-14-9-15(19)11-16(10-14)21-8-4-7-20-17(12-21)13-5-2-1-3-6-13/h1-3,5-6,9-11,17,20H,4,7-8,12H2. The Morgan fingerprint density at radius 2 is 1.71 bits per heavy atom. The molecule has 21 heavy (non-hydrogen) atoms. The van der Waals surface area contributed by atoms with Gasteiger partial charge in [0.15, 0.2) is 0 Å². The van der Waals surface area contributed by atoms with Gasteiger partial charge in [0, 0.05) is 34.9 Å². The molecule has 1 N–H and O–H groups in total. The van der Waals surface area contributed by atoms with Crippen molar-refractivity contribution in [3.63, 3.8) is 0 Å². The molecular formula is C17H18Cl2N2. The van der Waals surface area contributed by atoms with E-state index in [9.17, 15) is 0 Å². The smallest absolute Gasteiger partial charge is 0.0498 e. The van der Waals surface area contributed by atoms with Crippen LogP contribution in [0.3, 0.4) is 0 Å². The maximum absolute atomic E-state index is 6.14. The fourth-order valence-electron chi connectivity index (χ4n) is 2.79.